The van der Waals surface area contributed by atoms with Crippen LogP contribution < -0.4 is 10.6 Å². The molecule has 7 heteroatoms. The van der Waals surface area contributed by atoms with Crippen LogP contribution in [0, 0.1) is 0 Å². The molecular weight excluding hydrogens is 216 g/mol. The SMILES string of the molecule is CNc1nnc(C(=O)NC2CCOC2)s1. The van der Waals surface area contributed by atoms with Crippen LogP contribution in [0.15, 0.2) is 0 Å². The molecule has 2 rings (SSSR count). The van der Waals surface area contributed by atoms with E-state index in [1.807, 2.05) is 0 Å². The largest absolute Gasteiger partial charge is 0.379 e. The van der Waals surface area contributed by atoms with E-state index in [4.69, 9.17) is 4.74 Å². The van der Waals surface area contributed by atoms with Crippen molar-refractivity contribution in [2.45, 2.75) is 12.5 Å². The fraction of sp³-hybridized carbons (Fsp3) is 0.625. The molecule has 1 unspecified atom stereocenters. The zero-order chi connectivity index (χ0) is 10.7. The third-order valence-corrected chi connectivity index (χ3v) is 3.04. The van der Waals surface area contributed by atoms with E-state index >= 15 is 0 Å². The maximum absolute atomic E-state index is 11.6. The van der Waals surface area contributed by atoms with E-state index in [0.717, 1.165) is 6.42 Å². The highest BCUT2D eigenvalue weighted by atomic mass is 32.1. The first-order valence-corrected chi connectivity index (χ1v) is 5.51. The second-order valence-electron chi connectivity index (χ2n) is 3.20. The molecule has 0 radical (unpaired) electrons. The summed E-state index contributed by atoms with van der Waals surface area (Å²) in [5, 5.41) is 14.3. The van der Waals surface area contributed by atoms with Gasteiger partial charge in [0.15, 0.2) is 0 Å². The standard InChI is InChI=1S/C8H12N4O2S/c1-9-8-12-11-7(15-8)6(13)10-5-2-3-14-4-5/h5H,2-4H2,1H3,(H,9,12)(H,10,13). The molecule has 1 amide bonds. The van der Waals surface area contributed by atoms with Crippen LogP contribution in [0.25, 0.3) is 0 Å². The quantitative estimate of drug-likeness (QED) is 0.767. The molecule has 6 nitrogen and oxygen atoms in total. The Hall–Kier alpha value is -1.21. The van der Waals surface area contributed by atoms with Gasteiger partial charge in [0, 0.05) is 13.7 Å². The first kappa shape index (κ1) is 10.3. The molecule has 0 saturated carbocycles. The number of aromatic nitrogens is 2. The smallest absolute Gasteiger partial charge is 0.282 e. The van der Waals surface area contributed by atoms with Crippen molar-refractivity contribution < 1.29 is 9.53 Å². The molecule has 1 atom stereocenters. The van der Waals surface area contributed by atoms with Crippen molar-refractivity contribution in [1.82, 2.24) is 15.5 Å². The minimum Gasteiger partial charge on any atom is -0.379 e. The molecule has 2 N–H and O–H groups in total. The summed E-state index contributed by atoms with van der Waals surface area (Å²) >= 11 is 1.24. The summed E-state index contributed by atoms with van der Waals surface area (Å²) in [6.07, 6.45) is 0.865. The van der Waals surface area contributed by atoms with Gasteiger partial charge in [-0.3, -0.25) is 4.79 Å². The summed E-state index contributed by atoms with van der Waals surface area (Å²) in [6, 6.07) is 0.111. The lowest BCUT2D eigenvalue weighted by Crippen LogP contribution is -2.34. The highest BCUT2D eigenvalue weighted by molar-refractivity contribution is 7.17. The second kappa shape index (κ2) is 4.54. The molecule has 0 spiro atoms. The number of amides is 1. The molecule has 0 aliphatic carbocycles. The van der Waals surface area contributed by atoms with Crippen molar-refractivity contribution in [3.63, 3.8) is 0 Å². The van der Waals surface area contributed by atoms with E-state index in [-0.39, 0.29) is 11.9 Å². The average Bonchev–Trinajstić information content (AvgIpc) is 2.86. The van der Waals surface area contributed by atoms with Crippen LogP contribution in [0.2, 0.25) is 0 Å². The lowest BCUT2D eigenvalue weighted by Gasteiger charge is -2.07. The van der Waals surface area contributed by atoms with Gasteiger partial charge in [0.2, 0.25) is 10.1 Å². The van der Waals surface area contributed by atoms with Crippen molar-refractivity contribution in [2.75, 3.05) is 25.6 Å². The number of carbonyl (C=O) groups excluding carboxylic acids is 1. The number of ether oxygens (including phenoxy) is 1. The van der Waals surface area contributed by atoms with Crippen LogP contribution in [0.1, 0.15) is 16.2 Å². The molecular formula is C8H12N4O2S. The van der Waals surface area contributed by atoms with E-state index in [1.165, 1.54) is 11.3 Å². The van der Waals surface area contributed by atoms with Crippen molar-refractivity contribution >= 4 is 22.4 Å². The van der Waals surface area contributed by atoms with Crippen LogP contribution in [0.3, 0.4) is 0 Å². The van der Waals surface area contributed by atoms with Gasteiger partial charge in [-0.05, 0) is 6.42 Å². The number of nitrogens with zero attached hydrogens (tertiary/aromatic N) is 2. The third-order valence-electron chi connectivity index (χ3n) is 2.10. The van der Waals surface area contributed by atoms with Gasteiger partial charge in [0.05, 0.1) is 12.6 Å². The Morgan fingerprint density at radius 1 is 1.60 bits per heavy atom. The Morgan fingerprint density at radius 3 is 3.07 bits per heavy atom. The Morgan fingerprint density at radius 2 is 2.47 bits per heavy atom. The van der Waals surface area contributed by atoms with Crippen LogP contribution >= 0.6 is 11.3 Å². The normalized spacial score (nSPS) is 20.2. The first-order chi connectivity index (χ1) is 7.29. The van der Waals surface area contributed by atoms with Crippen LogP contribution in [0.5, 0.6) is 0 Å². The maximum atomic E-state index is 11.6. The molecule has 0 aromatic carbocycles. The van der Waals surface area contributed by atoms with Gasteiger partial charge >= 0.3 is 0 Å². The Kier molecular flexibility index (Phi) is 3.12. The zero-order valence-electron chi connectivity index (χ0n) is 8.32. The highest BCUT2D eigenvalue weighted by Gasteiger charge is 2.20. The van der Waals surface area contributed by atoms with Gasteiger partial charge in [0.1, 0.15) is 0 Å². The number of hydrogen-bond acceptors (Lipinski definition) is 6. The van der Waals surface area contributed by atoms with Crippen LogP contribution in [-0.4, -0.2) is 42.4 Å². The number of rotatable bonds is 3. The van der Waals surface area contributed by atoms with Gasteiger partial charge in [-0.2, -0.15) is 0 Å². The molecule has 82 valence electrons. The minimum absolute atomic E-state index is 0.111. The molecule has 1 fully saturated rings. The number of nitrogens with one attached hydrogen (secondary N) is 2. The summed E-state index contributed by atoms with van der Waals surface area (Å²) in [4.78, 5) is 11.6. The van der Waals surface area contributed by atoms with Crippen LogP contribution in [0.4, 0.5) is 5.13 Å². The lowest BCUT2D eigenvalue weighted by atomic mass is 10.2. The zero-order valence-corrected chi connectivity index (χ0v) is 9.13. The van der Waals surface area contributed by atoms with Crippen molar-refractivity contribution in [2.24, 2.45) is 0 Å². The van der Waals surface area contributed by atoms with E-state index in [0.29, 0.717) is 23.4 Å². The highest BCUT2D eigenvalue weighted by Crippen LogP contribution is 2.14. The molecule has 0 bridgehead atoms. The fourth-order valence-electron chi connectivity index (χ4n) is 1.31. The molecule has 15 heavy (non-hydrogen) atoms. The monoisotopic (exact) mass is 228 g/mol. The number of carbonyl (C=O) groups is 1. The van der Waals surface area contributed by atoms with E-state index in [9.17, 15) is 4.79 Å². The van der Waals surface area contributed by atoms with Crippen molar-refractivity contribution in [3.8, 4) is 0 Å². The van der Waals surface area contributed by atoms with E-state index in [1.54, 1.807) is 7.05 Å². The molecule has 1 aromatic rings. The maximum Gasteiger partial charge on any atom is 0.282 e. The first-order valence-electron chi connectivity index (χ1n) is 4.69. The summed E-state index contributed by atoms with van der Waals surface area (Å²) in [5.41, 5.74) is 0. The van der Waals surface area contributed by atoms with Gasteiger partial charge in [0.25, 0.3) is 5.91 Å². The molecule has 1 saturated heterocycles. The topological polar surface area (TPSA) is 76.1 Å². The third kappa shape index (κ3) is 2.42. The fourth-order valence-corrected chi connectivity index (χ4v) is 1.91. The molecule has 1 aromatic heterocycles. The van der Waals surface area contributed by atoms with Gasteiger partial charge in [-0.1, -0.05) is 11.3 Å². The van der Waals surface area contributed by atoms with Crippen molar-refractivity contribution in [1.29, 1.82) is 0 Å². The summed E-state index contributed by atoms with van der Waals surface area (Å²) in [7, 11) is 1.74. The molecule has 1 aliphatic rings. The van der Waals surface area contributed by atoms with Crippen molar-refractivity contribution in [3.05, 3.63) is 5.01 Å². The predicted octanol–water partition coefficient (Wildman–Crippen LogP) is 0.0985. The van der Waals surface area contributed by atoms with E-state index < -0.39 is 0 Å². The minimum atomic E-state index is -0.176. The Bertz CT molecular complexity index is 348. The second-order valence-corrected chi connectivity index (χ2v) is 4.17. The molecule has 2 heterocycles. The number of anilines is 1. The average molecular weight is 228 g/mol. The lowest BCUT2D eigenvalue weighted by molar-refractivity contribution is 0.0929. The van der Waals surface area contributed by atoms with Gasteiger partial charge in [-0.25, -0.2) is 0 Å². The van der Waals surface area contributed by atoms with Gasteiger partial charge < -0.3 is 15.4 Å². The Labute approximate surface area is 91.0 Å². The summed E-state index contributed by atoms with van der Waals surface area (Å²) in [5.74, 6) is -0.176. The number of hydrogen-bond donors (Lipinski definition) is 2. The van der Waals surface area contributed by atoms with Gasteiger partial charge in [-0.15, -0.1) is 10.2 Å². The Balaban J connectivity index is 1.94. The summed E-state index contributed by atoms with van der Waals surface area (Å²) < 4.78 is 5.16. The predicted molar refractivity (Wildman–Crippen MR) is 56.1 cm³/mol. The molecule has 1 aliphatic heterocycles. The summed E-state index contributed by atoms with van der Waals surface area (Å²) in [6.45, 7) is 1.30. The van der Waals surface area contributed by atoms with E-state index in [2.05, 4.69) is 20.8 Å². The van der Waals surface area contributed by atoms with Crippen LogP contribution in [-0.2, 0) is 4.74 Å².